The highest BCUT2D eigenvalue weighted by Gasteiger charge is 2.18. The number of rotatable bonds is 4. The lowest BCUT2D eigenvalue weighted by Gasteiger charge is -2.31. The van der Waals surface area contributed by atoms with Crippen LogP contribution in [0.25, 0.3) is 0 Å². The first-order valence-electron chi connectivity index (χ1n) is 7.69. The van der Waals surface area contributed by atoms with E-state index in [0.717, 1.165) is 18.0 Å². The molecule has 1 N–H and O–H groups in total. The summed E-state index contributed by atoms with van der Waals surface area (Å²) >= 11 is 0. The third kappa shape index (κ3) is 3.25. The van der Waals surface area contributed by atoms with E-state index in [4.69, 9.17) is 9.47 Å². The zero-order valence-electron chi connectivity index (χ0n) is 12.2. The van der Waals surface area contributed by atoms with E-state index in [1.807, 2.05) is 6.07 Å². The molecule has 0 unspecified atom stereocenters. The summed E-state index contributed by atoms with van der Waals surface area (Å²) < 4.78 is 11.2. The first kappa shape index (κ1) is 13.7. The van der Waals surface area contributed by atoms with E-state index >= 15 is 0 Å². The van der Waals surface area contributed by atoms with Crippen molar-refractivity contribution in [2.75, 3.05) is 32.8 Å². The number of likely N-dealkylation sites (tertiary alicyclic amines) is 1. The summed E-state index contributed by atoms with van der Waals surface area (Å²) in [5.41, 5.74) is 1.27. The van der Waals surface area contributed by atoms with E-state index in [9.17, 15) is 0 Å². The van der Waals surface area contributed by atoms with Crippen LogP contribution in [0.4, 0.5) is 0 Å². The van der Waals surface area contributed by atoms with Gasteiger partial charge in [0.05, 0.1) is 0 Å². The Morgan fingerprint density at radius 1 is 1.15 bits per heavy atom. The summed E-state index contributed by atoms with van der Waals surface area (Å²) in [4.78, 5) is 2.52. The highest BCUT2D eigenvalue weighted by molar-refractivity contribution is 5.43. The van der Waals surface area contributed by atoms with Gasteiger partial charge in [0.15, 0.2) is 11.5 Å². The van der Waals surface area contributed by atoms with Gasteiger partial charge in [-0.15, -0.1) is 0 Å². The van der Waals surface area contributed by atoms with Crippen LogP contribution in [0.5, 0.6) is 11.5 Å². The summed E-state index contributed by atoms with van der Waals surface area (Å²) in [6.07, 6.45) is 2.50. The third-order valence-corrected chi connectivity index (χ3v) is 4.24. The number of nitrogens with one attached hydrogen (secondary N) is 1. The van der Waals surface area contributed by atoms with Crippen molar-refractivity contribution < 1.29 is 9.47 Å². The van der Waals surface area contributed by atoms with Gasteiger partial charge in [-0.3, -0.25) is 0 Å². The fourth-order valence-electron chi connectivity index (χ4n) is 2.91. The molecule has 110 valence electrons. The Kier molecular flexibility index (Phi) is 4.43. The van der Waals surface area contributed by atoms with Gasteiger partial charge >= 0.3 is 0 Å². The minimum Gasteiger partial charge on any atom is -0.486 e. The molecule has 2 aliphatic rings. The molecule has 4 nitrogen and oxygen atoms in total. The predicted octanol–water partition coefficient (Wildman–Crippen LogP) is 2.03. The lowest BCUT2D eigenvalue weighted by atomic mass is 10.0. The zero-order chi connectivity index (χ0) is 13.8. The van der Waals surface area contributed by atoms with E-state index in [0.29, 0.717) is 19.3 Å². The van der Waals surface area contributed by atoms with Crippen LogP contribution in [-0.4, -0.2) is 43.8 Å². The molecule has 2 aliphatic heterocycles. The normalized spacial score (nSPS) is 20.1. The lowest BCUT2D eigenvalue weighted by molar-refractivity contribution is 0.171. The smallest absolute Gasteiger partial charge is 0.161 e. The summed E-state index contributed by atoms with van der Waals surface area (Å²) in [7, 11) is 0. The molecular weight excluding hydrogens is 252 g/mol. The van der Waals surface area contributed by atoms with Gasteiger partial charge in [-0.1, -0.05) is 13.0 Å². The second-order valence-electron chi connectivity index (χ2n) is 5.57. The number of piperidine rings is 1. The highest BCUT2D eigenvalue weighted by Crippen LogP contribution is 2.30. The van der Waals surface area contributed by atoms with Crippen molar-refractivity contribution in [1.82, 2.24) is 10.2 Å². The van der Waals surface area contributed by atoms with E-state index in [-0.39, 0.29) is 0 Å². The number of benzene rings is 1. The maximum atomic E-state index is 5.63. The average molecular weight is 276 g/mol. The third-order valence-electron chi connectivity index (χ3n) is 4.24. The highest BCUT2D eigenvalue weighted by atomic mass is 16.6. The van der Waals surface area contributed by atoms with Gasteiger partial charge in [-0.2, -0.15) is 0 Å². The standard InChI is InChI=1S/C16H24N2O2/c1-2-18-7-5-14(6-8-18)17-12-13-3-4-15-16(11-13)20-10-9-19-15/h3-4,11,14,17H,2,5-10,12H2,1H3. The van der Waals surface area contributed by atoms with E-state index in [2.05, 4.69) is 29.3 Å². The Morgan fingerprint density at radius 3 is 2.65 bits per heavy atom. The fraction of sp³-hybridized carbons (Fsp3) is 0.625. The van der Waals surface area contributed by atoms with Gasteiger partial charge in [0.25, 0.3) is 0 Å². The SMILES string of the molecule is CCN1CCC(NCc2ccc3c(c2)OCCO3)CC1. The minimum atomic E-state index is 0.644. The van der Waals surface area contributed by atoms with Gasteiger partial charge in [0, 0.05) is 12.6 Å². The predicted molar refractivity (Wildman–Crippen MR) is 79.4 cm³/mol. The number of fused-ring (bicyclic) bond motifs is 1. The number of hydrogen-bond donors (Lipinski definition) is 1. The quantitative estimate of drug-likeness (QED) is 0.912. The summed E-state index contributed by atoms with van der Waals surface area (Å²) in [5.74, 6) is 1.76. The van der Waals surface area contributed by atoms with Crippen molar-refractivity contribution >= 4 is 0 Å². The van der Waals surface area contributed by atoms with E-state index in [1.54, 1.807) is 0 Å². The molecule has 0 bridgehead atoms. The summed E-state index contributed by atoms with van der Waals surface area (Å²) in [6, 6.07) is 6.89. The Bertz CT molecular complexity index is 442. The van der Waals surface area contributed by atoms with Crippen LogP contribution in [0.1, 0.15) is 25.3 Å². The van der Waals surface area contributed by atoms with Crippen molar-refractivity contribution in [2.45, 2.75) is 32.4 Å². The van der Waals surface area contributed by atoms with Crippen LogP contribution < -0.4 is 14.8 Å². The molecular formula is C16H24N2O2. The molecule has 0 atom stereocenters. The van der Waals surface area contributed by atoms with Crippen molar-refractivity contribution in [3.8, 4) is 11.5 Å². The molecule has 0 saturated carbocycles. The molecule has 3 rings (SSSR count). The molecule has 0 amide bonds. The van der Waals surface area contributed by atoms with Gasteiger partial charge in [0.1, 0.15) is 13.2 Å². The van der Waals surface area contributed by atoms with Gasteiger partial charge in [-0.25, -0.2) is 0 Å². The molecule has 1 aromatic carbocycles. The van der Waals surface area contributed by atoms with Crippen LogP contribution in [0.2, 0.25) is 0 Å². The van der Waals surface area contributed by atoms with Gasteiger partial charge in [-0.05, 0) is 50.2 Å². The number of ether oxygens (including phenoxy) is 2. The maximum Gasteiger partial charge on any atom is 0.161 e. The Morgan fingerprint density at radius 2 is 1.90 bits per heavy atom. The van der Waals surface area contributed by atoms with Crippen LogP contribution in [0, 0.1) is 0 Å². The number of nitrogens with zero attached hydrogens (tertiary/aromatic N) is 1. The van der Waals surface area contributed by atoms with Crippen LogP contribution in [0.15, 0.2) is 18.2 Å². The van der Waals surface area contributed by atoms with Crippen LogP contribution >= 0.6 is 0 Å². The first-order valence-corrected chi connectivity index (χ1v) is 7.69. The van der Waals surface area contributed by atoms with E-state index < -0.39 is 0 Å². The summed E-state index contributed by atoms with van der Waals surface area (Å²) in [5, 5.41) is 3.67. The molecule has 4 heteroatoms. The monoisotopic (exact) mass is 276 g/mol. The molecule has 0 spiro atoms. The van der Waals surface area contributed by atoms with Crippen LogP contribution in [0.3, 0.4) is 0 Å². The Hall–Kier alpha value is -1.26. The Balaban J connectivity index is 1.51. The van der Waals surface area contributed by atoms with Gasteiger partial charge in [0.2, 0.25) is 0 Å². The van der Waals surface area contributed by atoms with Crippen molar-refractivity contribution in [3.05, 3.63) is 23.8 Å². The average Bonchev–Trinajstić information content (AvgIpc) is 2.53. The molecule has 1 saturated heterocycles. The largest absolute Gasteiger partial charge is 0.486 e. The molecule has 1 aromatic rings. The molecule has 0 aromatic heterocycles. The van der Waals surface area contributed by atoms with Crippen molar-refractivity contribution in [1.29, 1.82) is 0 Å². The minimum absolute atomic E-state index is 0.644. The molecule has 2 heterocycles. The molecule has 1 fully saturated rings. The topological polar surface area (TPSA) is 33.7 Å². The second-order valence-corrected chi connectivity index (χ2v) is 5.57. The van der Waals surface area contributed by atoms with Gasteiger partial charge < -0.3 is 19.7 Å². The van der Waals surface area contributed by atoms with E-state index in [1.165, 1.54) is 38.0 Å². The van der Waals surface area contributed by atoms with Crippen molar-refractivity contribution in [2.24, 2.45) is 0 Å². The zero-order valence-corrected chi connectivity index (χ0v) is 12.2. The second kappa shape index (κ2) is 6.46. The molecule has 0 radical (unpaired) electrons. The first-order chi connectivity index (χ1) is 9.85. The van der Waals surface area contributed by atoms with Crippen LogP contribution in [-0.2, 0) is 6.54 Å². The molecule has 0 aliphatic carbocycles. The molecule has 20 heavy (non-hydrogen) atoms. The fourth-order valence-corrected chi connectivity index (χ4v) is 2.91. The van der Waals surface area contributed by atoms with Crippen molar-refractivity contribution in [3.63, 3.8) is 0 Å². The lowest BCUT2D eigenvalue weighted by Crippen LogP contribution is -2.42. The maximum absolute atomic E-state index is 5.63. The summed E-state index contributed by atoms with van der Waals surface area (Å²) in [6.45, 7) is 8.07. The number of hydrogen-bond acceptors (Lipinski definition) is 4. The Labute approximate surface area is 121 Å².